The molecule has 0 saturated carbocycles. The van der Waals surface area contributed by atoms with E-state index in [1.807, 2.05) is 0 Å². The number of nitrogens with one attached hydrogen (secondary N) is 4. The van der Waals surface area contributed by atoms with Crippen molar-refractivity contribution in [1.82, 2.24) is 0 Å². The maximum absolute atomic E-state index is 13.6. The van der Waals surface area contributed by atoms with Gasteiger partial charge in [0.25, 0.3) is 30.4 Å². The van der Waals surface area contributed by atoms with Crippen molar-refractivity contribution in [3.8, 4) is 5.75 Å². The second-order valence-corrected chi connectivity index (χ2v) is 17.0. The van der Waals surface area contributed by atoms with Gasteiger partial charge < -0.3 is 15.4 Å². The van der Waals surface area contributed by atoms with E-state index in [0.29, 0.717) is 11.4 Å². The molecule has 0 aromatic heterocycles. The van der Waals surface area contributed by atoms with Crippen molar-refractivity contribution in [2.45, 2.75) is 4.90 Å². The van der Waals surface area contributed by atoms with Crippen LogP contribution in [0.15, 0.2) is 122 Å². The lowest BCUT2D eigenvalue weighted by atomic mass is 9.94. The minimum atomic E-state index is -5.09. The molecule has 0 fully saturated rings. The molecule has 306 valence electrons. The van der Waals surface area contributed by atoms with Gasteiger partial charge in [-0.2, -0.15) is 35.5 Å². The first-order valence-electron chi connectivity index (χ1n) is 17.0. The molecule has 60 heavy (non-hydrogen) atoms. The lowest BCUT2D eigenvalue weighted by Crippen LogP contribution is -2.27. The lowest BCUT2D eigenvalue weighted by Gasteiger charge is -2.18. The third kappa shape index (κ3) is 8.26. The number of amides is 2. The average molecular weight is 873 g/mol. The van der Waals surface area contributed by atoms with Crippen LogP contribution in [0.4, 0.5) is 27.5 Å². The molecule has 0 bridgehead atoms. The van der Waals surface area contributed by atoms with Crippen LogP contribution >= 0.6 is 0 Å². The normalized spacial score (nSPS) is 15.5. The third-order valence-corrected chi connectivity index (χ3v) is 11.6. The van der Waals surface area contributed by atoms with Crippen LogP contribution in [0.25, 0.3) is 22.9 Å². The van der Waals surface area contributed by atoms with Gasteiger partial charge in [0.15, 0.2) is 11.4 Å². The summed E-state index contributed by atoms with van der Waals surface area (Å²) < 4.78 is 108. The monoisotopic (exact) mass is 872 g/mol. The lowest BCUT2D eigenvalue weighted by molar-refractivity contribution is 0.105. The Kier molecular flexibility index (Phi) is 10.7. The Morgan fingerprint density at radius 1 is 0.583 bits per heavy atom. The molecule has 2 aliphatic carbocycles. The number of methoxy groups -OCH3 is 1. The molecule has 7 rings (SSSR count). The fraction of sp³-hybridized carbons (Fsp3) is 0.0263. The first-order valence-corrected chi connectivity index (χ1v) is 21.3. The average Bonchev–Trinajstić information content (AvgIpc) is 3.18. The zero-order valence-corrected chi connectivity index (χ0v) is 32.9. The van der Waals surface area contributed by atoms with Crippen LogP contribution in [0.3, 0.4) is 0 Å². The highest BCUT2D eigenvalue weighted by Crippen LogP contribution is 2.33. The fourth-order valence-electron chi connectivity index (χ4n) is 6.29. The molecule has 5 aromatic rings. The van der Waals surface area contributed by atoms with Gasteiger partial charge in [-0.1, -0.05) is 36.4 Å². The van der Waals surface area contributed by atoms with Gasteiger partial charge in [-0.05, 0) is 83.9 Å². The van der Waals surface area contributed by atoms with Gasteiger partial charge >= 0.3 is 6.03 Å². The number of hydrazone groups is 2. The number of Topliss-reactive ketones (excluding diaryl/α,β-unsaturated/α-hetero) is 2. The molecule has 0 radical (unpaired) electrons. The maximum atomic E-state index is 13.6. The molecule has 0 atom stereocenters. The van der Waals surface area contributed by atoms with E-state index in [1.54, 1.807) is 30.3 Å². The van der Waals surface area contributed by atoms with Gasteiger partial charge in [-0.15, -0.1) is 0 Å². The van der Waals surface area contributed by atoms with Gasteiger partial charge in [0, 0.05) is 33.3 Å². The predicted molar refractivity (Wildman–Crippen MR) is 222 cm³/mol. The molecule has 0 heterocycles. The second-order valence-electron chi connectivity index (χ2n) is 12.8. The molecule has 5 aromatic carbocycles. The number of hydrogen-bond acceptors (Lipinski definition) is 14. The Morgan fingerprint density at radius 2 is 1.07 bits per heavy atom. The molecule has 0 aliphatic heterocycles. The van der Waals surface area contributed by atoms with E-state index < -0.39 is 74.1 Å². The molecular weight excluding hydrogens is 845 g/mol. The highest BCUT2D eigenvalue weighted by molar-refractivity contribution is 7.91. The van der Waals surface area contributed by atoms with Crippen molar-refractivity contribution in [1.29, 1.82) is 0 Å². The fourth-order valence-corrected chi connectivity index (χ4v) is 8.31. The maximum Gasteiger partial charge on any atom is 0.323 e. The third-order valence-electron chi connectivity index (χ3n) is 8.98. The van der Waals surface area contributed by atoms with E-state index in [1.165, 1.54) is 67.8 Å². The smallest absolute Gasteiger partial charge is 0.323 e. The Morgan fingerprint density at radius 3 is 1.57 bits per heavy atom. The minimum Gasteiger partial charge on any atom is -0.495 e. The minimum absolute atomic E-state index is 0.00349. The molecule has 0 spiro atoms. The Balaban J connectivity index is 1.12. The number of carbonyl (C=O) groups is 3. The Labute approximate surface area is 340 Å². The molecule has 7 N–H and O–H groups in total. The van der Waals surface area contributed by atoms with Crippen molar-refractivity contribution in [3.05, 3.63) is 129 Å². The number of para-hydroxylation sites is 2. The van der Waals surface area contributed by atoms with Crippen molar-refractivity contribution in [3.63, 3.8) is 0 Å². The number of ketones is 2. The molecule has 2 aliphatic rings. The van der Waals surface area contributed by atoms with Crippen LogP contribution in [0.5, 0.6) is 5.75 Å². The summed E-state index contributed by atoms with van der Waals surface area (Å²) in [5.41, 5.74) is 4.28. The van der Waals surface area contributed by atoms with Gasteiger partial charge in [0.05, 0.1) is 18.5 Å². The van der Waals surface area contributed by atoms with E-state index in [2.05, 4.69) is 31.7 Å². The number of hydrogen-bond donors (Lipinski definition) is 7. The van der Waals surface area contributed by atoms with Gasteiger partial charge in [-0.25, -0.2) is 4.79 Å². The van der Waals surface area contributed by atoms with Gasteiger partial charge in [-0.3, -0.25) is 34.1 Å². The highest BCUT2D eigenvalue weighted by Gasteiger charge is 2.35. The molecule has 19 nitrogen and oxygen atoms in total. The standard InChI is InChI=1S/C38H28N6O13S3/c1-57-30-9-5-4-8-29(30)42-44-35-33(60(54,55)56)19-21-17-23(11-13-25(21)37(35)46)40-38(47)39-22-10-12-24-20(16-22)18-32(59(51,52)53)34(36(24)45)43-41-28-14-15-31(58(48,49)50)27-7-3-2-6-26(27)28/h2-19,41-42H,1H3,(H2,39,40,47)(H,48,49,50)(H,51,52,53)(H,54,55,56)/b43-34?,44-35-. The summed E-state index contributed by atoms with van der Waals surface area (Å²) in [5.74, 6) is -1.45. The SMILES string of the molecule is COc1ccccc1N/N=C1\C(=O)c2ccc(NC(=O)Nc3ccc4c(c3)C=C(S(=O)(=O)O)C(=NNc3ccc(S(=O)(=O)O)c5ccccc35)C4=O)cc2C=C1S(=O)(=O)O. The highest BCUT2D eigenvalue weighted by atomic mass is 32.2. The molecule has 0 saturated heterocycles. The number of allylic oxidation sites excluding steroid dienone is 2. The Hall–Kier alpha value is -7.08. The van der Waals surface area contributed by atoms with E-state index in [4.69, 9.17) is 4.74 Å². The van der Waals surface area contributed by atoms with E-state index in [9.17, 15) is 53.3 Å². The van der Waals surface area contributed by atoms with Crippen molar-refractivity contribution in [2.75, 3.05) is 28.6 Å². The largest absolute Gasteiger partial charge is 0.495 e. The van der Waals surface area contributed by atoms with Crippen molar-refractivity contribution < 1.29 is 58.0 Å². The molecule has 2 amide bonds. The second kappa shape index (κ2) is 15.6. The predicted octanol–water partition coefficient (Wildman–Crippen LogP) is 5.53. The zero-order valence-electron chi connectivity index (χ0n) is 30.4. The van der Waals surface area contributed by atoms with Crippen LogP contribution in [0.2, 0.25) is 0 Å². The number of carbonyl (C=O) groups excluding carboxylic acids is 3. The zero-order chi connectivity index (χ0) is 43.1. The van der Waals surface area contributed by atoms with E-state index in [0.717, 1.165) is 18.2 Å². The summed E-state index contributed by atoms with van der Waals surface area (Å²) in [5, 5.41) is 13.3. The van der Waals surface area contributed by atoms with Crippen LogP contribution in [-0.2, 0) is 30.4 Å². The van der Waals surface area contributed by atoms with Gasteiger partial charge in [0.1, 0.15) is 20.5 Å². The first-order chi connectivity index (χ1) is 28.3. The van der Waals surface area contributed by atoms with Gasteiger partial charge in [0.2, 0.25) is 11.6 Å². The number of anilines is 4. The summed E-state index contributed by atoms with van der Waals surface area (Å²) in [6, 6.07) is 21.7. The molecular formula is C38H28N6O13S3. The van der Waals surface area contributed by atoms with Crippen molar-refractivity contribution >= 4 is 105 Å². The number of rotatable bonds is 10. The van der Waals surface area contributed by atoms with Crippen molar-refractivity contribution in [2.24, 2.45) is 10.2 Å². The summed E-state index contributed by atoms with van der Waals surface area (Å²) in [6.07, 6.45) is 1.96. The summed E-state index contributed by atoms with van der Waals surface area (Å²) in [7, 11) is -13.3. The molecule has 22 heteroatoms. The summed E-state index contributed by atoms with van der Waals surface area (Å²) in [6.45, 7) is 0. The molecule has 0 unspecified atom stereocenters. The summed E-state index contributed by atoms with van der Waals surface area (Å²) in [4.78, 5) is 38.0. The number of benzene rings is 5. The number of fused-ring (bicyclic) bond motifs is 3. The van der Waals surface area contributed by atoms with Crippen LogP contribution in [0, 0.1) is 0 Å². The number of ether oxygens (including phenoxy) is 1. The Bertz CT molecular complexity index is 3180. The quantitative estimate of drug-likeness (QED) is 0.0671. The van der Waals surface area contributed by atoms with Crippen LogP contribution < -0.4 is 26.2 Å². The topological polar surface area (TPSA) is 296 Å². The summed E-state index contributed by atoms with van der Waals surface area (Å²) >= 11 is 0. The van der Waals surface area contributed by atoms with Crippen LogP contribution in [0.1, 0.15) is 31.8 Å². The van der Waals surface area contributed by atoms with E-state index >= 15 is 0 Å². The number of nitrogens with zero attached hydrogens (tertiary/aromatic N) is 2. The number of urea groups is 1. The first kappa shape index (κ1) is 41.1. The van der Waals surface area contributed by atoms with E-state index in [-0.39, 0.29) is 50.1 Å². The van der Waals surface area contributed by atoms with Crippen LogP contribution in [-0.4, -0.2) is 75.0 Å².